The highest BCUT2D eigenvalue weighted by molar-refractivity contribution is 7.92. The third-order valence-corrected chi connectivity index (χ3v) is 7.72. The van der Waals surface area contributed by atoms with Gasteiger partial charge in [0.15, 0.2) is 0 Å². The standard InChI is InChI=1S/C26H35Cl2N3O5S/c1-6-18(4)29-26(33)24(7-2)30(16-19-9-14-22(27)23(28)15-19)25(32)17-31(37(5,34)35)20-10-12-21(13-11-20)36-8-3/h9-15,18,24H,6-8,16-17H2,1-5H3,(H,29,33)/t18-,24+/m1/s1. The first-order valence-corrected chi connectivity index (χ1v) is 14.8. The Kier molecular flexibility index (Phi) is 11.5. The highest BCUT2D eigenvalue weighted by atomic mass is 35.5. The van der Waals surface area contributed by atoms with Crippen LogP contribution in [0.25, 0.3) is 0 Å². The Morgan fingerprint density at radius 2 is 1.65 bits per heavy atom. The van der Waals surface area contributed by atoms with Gasteiger partial charge in [-0.1, -0.05) is 43.1 Å². The monoisotopic (exact) mass is 571 g/mol. The molecule has 0 radical (unpaired) electrons. The molecule has 0 saturated carbocycles. The predicted octanol–water partition coefficient (Wildman–Crippen LogP) is 4.88. The van der Waals surface area contributed by atoms with Crippen LogP contribution in [0.15, 0.2) is 42.5 Å². The van der Waals surface area contributed by atoms with Crippen molar-refractivity contribution in [1.29, 1.82) is 0 Å². The summed E-state index contributed by atoms with van der Waals surface area (Å²) < 4.78 is 31.9. The fraction of sp³-hybridized carbons (Fsp3) is 0.462. The summed E-state index contributed by atoms with van der Waals surface area (Å²) in [5, 5.41) is 3.61. The molecule has 2 rings (SSSR count). The van der Waals surface area contributed by atoms with Crippen molar-refractivity contribution < 1.29 is 22.7 Å². The maximum atomic E-state index is 13.7. The van der Waals surface area contributed by atoms with Crippen LogP contribution in [0.2, 0.25) is 10.0 Å². The lowest BCUT2D eigenvalue weighted by Crippen LogP contribution is -2.53. The van der Waals surface area contributed by atoms with Gasteiger partial charge in [0.05, 0.1) is 28.6 Å². The molecule has 2 aromatic rings. The average Bonchev–Trinajstić information content (AvgIpc) is 2.84. The van der Waals surface area contributed by atoms with E-state index in [9.17, 15) is 18.0 Å². The van der Waals surface area contributed by atoms with Gasteiger partial charge >= 0.3 is 0 Å². The Hall–Kier alpha value is -2.49. The van der Waals surface area contributed by atoms with Crippen LogP contribution in [0.1, 0.15) is 46.1 Å². The van der Waals surface area contributed by atoms with Crippen LogP contribution in [0, 0.1) is 0 Å². The van der Waals surface area contributed by atoms with Crippen LogP contribution < -0.4 is 14.4 Å². The first-order valence-electron chi connectivity index (χ1n) is 12.2. The van der Waals surface area contributed by atoms with Gasteiger partial charge in [-0.2, -0.15) is 0 Å². The second-order valence-electron chi connectivity index (χ2n) is 8.71. The minimum absolute atomic E-state index is 0.0447. The number of nitrogens with one attached hydrogen (secondary N) is 1. The minimum atomic E-state index is -3.83. The number of nitrogens with zero attached hydrogens (tertiary/aromatic N) is 2. The Morgan fingerprint density at radius 1 is 1.00 bits per heavy atom. The van der Waals surface area contributed by atoms with Gasteiger partial charge in [-0.3, -0.25) is 13.9 Å². The molecular formula is C26H35Cl2N3O5S. The van der Waals surface area contributed by atoms with Gasteiger partial charge in [-0.05, 0) is 68.7 Å². The number of amides is 2. The van der Waals surface area contributed by atoms with E-state index in [1.165, 1.54) is 4.90 Å². The number of hydrogen-bond acceptors (Lipinski definition) is 5. The topological polar surface area (TPSA) is 96.0 Å². The maximum absolute atomic E-state index is 13.7. The van der Waals surface area contributed by atoms with E-state index in [2.05, 4.69) is 5.32 Å². The number of halogens is 2. The molecule has 0 aliphatic rings. The van der Waals surface area contributed by atoms with Crippen molar-refractivity contribution in [3.63, 3.8) is 0 Å². The molecule has 0 spiro atoms. The van der Waals surface area contributed by atoms with Crippen LogP contribution in [-0.4, -0.2) is 56.6 Å². The number of sulfonamides is 1. The number of benzene rings is 2. The van der Waals surface area contributed by atoms with Crippen LogP contribution in [0.5, 0.6) is 5.75 Å². The second kappa shape index (κ2) is 13.9. The zero-order valence-corrected chi connectivity index (χ0v) is 24.2. The van der Waals surface area contributed by atoms with Gasteiger partial charge in [0.1, 0.15) is 18.3 Å². The van der Waals surface area contributed by atoms with Gasteiger partial charge < -0.3 is 15.0 Å². The van der Waals surface area contributed by atoms with E-state index in [0.717, 1.165) is 17.0 Å². The molecule has 2 atom stereocenters. The molecule has 2 aromatic carbocycles. The van der Waals surface area contributed by atoms with Crippen LogP contribution >= 0.6 is 23.2 Å². The predicted molar refractivity (Wildman–Crippen MR) is 149 cm³/mol. The zero-order valence-electron chi connectivity index (χ0n) is 21.8. The van der Waals surface area contributed by atoms with Gasteiger partial charge in [0.25, 0.3) is 0 Å². The summed E-state index contributed by atoms with van der Waals surface area (Å²) in [5.74, 6) is -0.256. The van der Waals surface area contributed by atoms with E-state index in [0.29, 0.717) is 40.1 Å². The summed E-state index contributed by atoms with van der Waals surface area (Å²) in [6, 6.07) is 10.5. The van der Waals surface area contributed by atoms with E-state index >= 15 is 0 Å². The Morgan fingerprint density at radius 3 is 2.16 bits per heavy atom. The van der Waals surface area contributed by atoms with E-state index in [1.54, 1.807) is 49.4 Å². The first kappa shape index (κ1) is 30.7. The van der Waals surface area contributed by atoms with E-state index in [4.69, 9.17) is 27.9 Å². The van der Waals surface area contributed by atoms with Crippen LogP contribution in [0.3, 0.4) is 0 Å². The molecule has 0 saturated heterocycles. The van der Waals surface area contributed by atoms with Gasteiger partial charge in [-0.15, -0.1) is 0 Å². The molecule has 1 N–H and O–H groups in total. The Labute approximate surface area is 229 Å². The number of anilines is 1. The third-order valence-electron chi connectivity index (χ3n) is 5.84. The third kappa shape index (κ3) is 8.79. The number of carbonyl (C=O) groups excluding carboxylic acids is 2. The summed E-state index contributed by atoms with van der Waals surface area (Å²) >= 11 is 12.2. The van der Waals surface area contributed by atoms with Crippen LogP contribution in [-0.2, 0) is 26.2 Å². The lowest BCUT2D eigenvalue weighted by Gasteiger charge is -2.33. The van der Waals surface area contributed by atoms with Gasteiger partial charge in [0, 0.05) is 12.6 Å². The quantitative estimate of drug-likeness (QED) is 0.369. The van der Waals surface area contributed by atoms with Gasteiger partial charge in [0.2, 0.25) is 21.8 Å². The average molecular weight is 573 g/mol. The van der Waals surface area contributed by atoms with Crippen molar-refractivity contribution in [3.05, 3.63) is 58.1 Å². The lowest BCUT2D eigenvalue weighted by atomic mass is 10.1. The molecule has 37 heavy (non-hydrogen) atoms. The minimum Gasteiger partial charge on any atom is -0.494 e. The Balaban J connectivity index is 2.44. The molecule has 0 aliphatic heterocycles. The van der Waals surface area contributed by atoms with Crippen molar-refractivity contribution in [1.82, 2.24) is 10.2 Å². The maximum Gasteiger partial charge on any atom is 0.244 e. The largest absolute Gasteiger partial charge is 0.494 e. The van der Waals surface area contributed by atoms with Crippen molar-refractivity contribution in [3.8, 4) is 5.75 Å². The van der Waals surface area contributed by atoms with Crippen LogP contribution in [0.4, 0.5) is 5.69 Å². The van der Waals surface area contributed by atoms with Crippen molar-refractivity contribution >= 4 is 50.7 Å². The van der Waals surface area contributed by atoms with Crippen molar-refractivity contribution in [2.75, 3.05) is 23.7 Å². The molecule has 0 heterocycles. The van der Waals surface area contributed by atoms with E-state index in [1.807, 2.05) is 20.8 Å². The highest BCUT2D eigenvalue weighted by Gasteiger charge is 2.32. The molecule has 0 aromatic heterocycles. The number of ether oxygens (including phenoxy) is 1. The van der Waals surface area contributed by atoms with Gasteiger partial charge in [-0.25, -0.2) is 8.42 Å². The van der Waals surface area contributed by atoms with E-state index < -0.39 is 28.5 Å². The fourth-order valence-corrected chi connectivity index (χ4v) is 4.85. The summed E-state index contributed by atoms with van der Waals surface area (Å²) in [4.78, 5) is 28.3. The molecule has 204 valence electrons. The first-order chi connectivity index (χ1) is 17.4. The summed E-state index contributed by atoms with van der Waals surface area (Å²) in [5.41, 5.74) is 0.968. The second-order valence-corrected chi connectivity index (χ2v) is 11.4. The van der Waals surface area contributed by atoms with Crippen molar-refractivity contribution in [2.45, 2.75) is 59.2 Å². The normalized spacial score (nSPS) is 12.9. The molecule has 0 bridgehead atoms. The number of carbonyl (C=O) groups is 2. The van der Waals surface area contributed by atoms with Crippen molar-refractivity contribution in [2.24, 2.45) is 0 Å². The smallest absolute Gasteiger partial charge is 0.244 e. The molecule has 2 amide bonds. The fourth-order valence-electron chi connectivity index (χ4n) is 3.68. The molecule has 8 nitrogen and oxygen atoms in total. The lowest BCUT2D eigenvalue weighted by molar-refractivity contribution is -0.140. The number of rotatable bonds is 13. The Bertz CT molecular complexity index is 1180. The summed E-state index contributed by atoms with van der Waals surface area (Å²) in [6.45, 7) is 7.51. The molecule has 0 unspecified atom stereocenters. The molecular weight excluding hydrogens is 537 g/mol. The zero-order chi connectivity index (χ0) is 27.8. The van der Waals surface area contributed by atoms with E-state index in [-0.39, 0.29) is 18.5 Å². The summed E-state index contributed by atoms with van der Waals surface area (Å²) in [6.07, 6.45) is 2.09. The highest BCUT2D eigenvalue weighted by Crippen LogP contribution is 2.25. The molecule has 0 fully saturated rings. The SMILES string of the molecule is CCOc1ccc(N(CC(=O)N(Cc2ccc(Cl)c(Cl)c2)[C@@H](CC)C(=O)N[C@H](C)CC)S(C)(=O)=O)cc1. The summed E-state index contributed by atoms with van der Waals surface area (Å²) in [7, 11) is -3.83. The number of hydrogen-bond donors (Lipinski definition) is 1. The molecule has 11 heteroatoms. The molecule has 0 aliphatic carbocycles.